The summed E-state index contributed by atoms with van der Waals surface area (Å²) in [4.78, 5) is 46.1. The number of rotatable bonds is 1. The van der Waals surface area contributed by atoms with Crippen LogP contribution < -0.4 is 16.4 Å². The zero-order valence-electron chi connectivity index (χ0n) is 10.9. The standard InChI is InChI=1S/C10H15N3O6SSe/c11-5-1-2-7(14)13-6(4-20)9(16)12-3-8(15)18-21-19-10(5)17/h5-6,20H,1-4,11H2,(H,12,16)(H,13,14). The van der Waals surface area contributed by atoms with Gasteiger partial charge in [0.15, 0.2) is 0 Å². The van der Waals surface area contributed by atoms with Gasteiger partial charge in [-0.1, -0.05) is 0 Å². The minimum absolute atomic E-state index is 0.0411. The van der Waals surface area contributed by atoms with Gasteiger partial charge in [-0.15, -0.1) is 0 Å². The molecule has 0 bridgehead atoms. The van der Waals surface area contributed by atoms with E-state index in [0.29, 0.717) is 0 Å². The first-order valence-electron chi connectivity index (χ1n) is 5.95. The molecule has 0 radical (unpaired) electrons. The summed E-state index contributed by atoms with van der Waals surface area (Å²) in [5.41, 5.74) is 5.54. The molecule has 0 aromatic carbocycles. The Balaban J connectivity index is 2.71. The van der Waals surface area contributed by atoms with Crippen LogP contribution in [0, 0.1) is 0 Å². The van der Waals surface area contributed by atoms with Gasteiger partial charge in [0.1, 0.15) is 0 Å². The third-order valence-corrected chi connectivity index (χ3v) is 3.85. The number of hydrogen-bond acceptors (Lipinski definition) is 8. The first-order valence-corrected chi connectivity index (χ1v) is 7.98. The fourth-order valence-electron chi connectivity index (χ4n) is 1.33. The maximum absolute atomic E-state index is 11.7. The number of carbonyl (C=O) groups excluding carboxylic acids is 4. The maximum atomic E-state index is 11.7. The molecule has 2 amide bonds. The van der Waals surface area contributed by atoms with Crippen molar-refractivity contribution in [1.29, 1.82) is 0 Å². The normalized spacial score (nSPS) is 26.0. The van der Waals surface area contributed by atoms with E-state index in [2.05, 4.69) is 30.9 Å². The molecular weight excluding hydrogens is 369 g/mol. The Bertz CT molecular complexity index is 435. The van der Waals surface area contributed by atoms with Gasteiger partial charge in [0.05, 0.1) is 0 Å². The summed E-state index contributed by atoms with van der Waals surface area (Å²) in [6.45, 7) is -0.398. The van der Waals surface area contributed by atoms with Gasteiger partial charge >= 0.3 is 132 Å². The van der Waals surface area contributed by atoms with E-state index in [1.54, 1.807) is 0 Å². The van der Waals surface area contributed by atoms with Crippen molar-refractivity contribution >= 4 is 52.0 Å². The average Bonchev–Trinajstić information content (AvgIpc) is 2.46. The van der Waals surface area contributed by atoms with Gasteiger partial charge in [-0.3, -0.25) is 0 Å². The topological polar surface area (TPSA) is 137 Å². The van der Waals surface area contributed by atoms with Crippen LogP contribution in [0.5, 0.6) is 0 Å². The summed E-state index contributed by atoms with van der Waals surface area (Å²) in [7, 11) is 0. The van der Waals surface area contributed by atoms with Crippen molar-refractivity contribution in [3.05, 3.63) is 0 Å². The second kappa shape index (κ2) is 8.88. The Morgan fingerprint density at radius 2 is 2.00 bits per heavy atom. The third kappa shape index (κ3) is 6.34. The molecule has 0 saturated carbocycles. The van der Waals surface area contributed by atoms with Crippen molar-refractivity contribution in [2.75, 3.05) is 12.3 Å². The second-order valence-corrected chi connectivity index (χ2v) is 5.44. The van der Waals surface area contributed by atoms with Crippen molar-refractivity contribution in [2.45, 2.75) is 24.9 Å². The van der Waals surface area contributed by atoms with E-state index in [-0.39, 0.29) is 18.6 Å². The summed E-state index contributed by atoms with van der Waals surface area (Å²) in [5, 5.41) is 4.73. The van der Waals surface area contributed by atoms with Gasteiger partial charge < -0.3 is 0 Å². The Morgan fingerprint density at radius 1 is 1.29 bits per heavy atom. The van der Waals surface area contributed by atoms with E-state index < -0.39 is 58.0 Å². The van der Waals surface area contributed by atoms with Crippen LogP contribution in [0.15, 0.2) is 0 Å². The Morgan fingerprint density at radius 3 is 2.67 bits per heavy atom. The van der Waals surface area contributed by atoms with Gasteiger partial charge in [0, 0.05) is 0 Å². The Labute approximate surface area is 132 Å². The van der Waals surface area contributed by atoms with Gasteiger partial charge in [0.2, 0.25) is 0 Å². The van der Waals surface area contributed by atoms with Crippen LogP contribution in [0.1, 0.15) is 12.8 Å². The number of nitrogens with one attached hydrogen (secondary N) is 2. The van der Waals surface area contributed by atoms with Crippen molar-refractivity contribution in [3.8, 4) is 0 Å². The average molecular weight is 384 g/mol. The first kappa shape index (κ1) is 17.8. The Hall–Kier alpha value is -1.29. The molecule has 9 nitrogen and oxygen atoms in total. The van der Waals surface area contributed by atoms with Crippen molar-refractivity contribution < 1.29 is 26.8 Å². The van der Waals surface area contributed by atoms with Crippen LogP contribution >= 0.6 is 12.6 Å². The quantitative estimate of drug-likeness (QED) is 0.284. The molecule has 0 aliphatic carbocycles. The molecule has 1 aliphatic heterocycles. The number of carbonyl (C=O) groups is 4. The molecule has 1 heterocycles. The van der Waals surface area contributed by atoms with Gasteiger partial charge in [-0.05, 0) is 0 Å². The molecule has 0 aromatic rings. The van der Waals surface area contributed by atoms with Crippen molar-refractivity contribution in [3.63, 3.8) is 0 Å². The molecule has 2 atom stereocenters. The number of amides is 2. The van der Waals surface area contributed by atoms with E-state index in [4.69, 9.17) is 5.73 Å². The van der Waals surface area contributed by atoms with Gasteiger partial charge in [-0.2, -0.15) is 0 Å². The van der Waals surface area contributed by atoms with E-state index in [1.807, 2.05) is 0 Å². The molecule has 1 fully saturated rings. The third-order valence-electron chi connectivity index (χ3n) is 2.47. The number of hydrogen-bond donors (Lipinski definition) is 4. The van der Waals surface area contributed by atoms with Crippen LogP contribution in [-0.2, 0) is 26.8 Å². The molecule has 21 heavy (non-hydrogen) atoms. The molecule has 1 aliphatic rings. The van der Waals surface area contributed by atoms with E-state index in [1.165, 1.54) is 0 Å². The van der Waals surface area contributed by atoms with Crippen LogP contribution in [0.2, 0.25) is 0 Å². The molecule has 4 N–H and O–H groups in total. The van der Waals surface area contributed by atoms with Gasteiger partial charge in [0.25, 0.3) is 0 Å². The minimum atomic E-state index is -1.16. The number of nitrogens with two attached hydrogens (primary N) is 1. The monoisotopic (exact) mass is 385 g/mol. The molecule has 1 saturated heterocycles. The molecule has 2 unspecified atom stereocenters. The van der Waals surface area contributed by atoms with E-state index >= 15 is 0 Å². The number of thiol groups is 1. The van der Waals surface area contributed by atoms with Crippen LogP contribution in [0.4, 0.5) is 0 Å². The van der Waals surface area contributed by atoms with Gasteiger partial charge in [-0.25, -0.2) is 0 Å². The summed E-state index contributed by atoms with van der Waals surface area (Å²) < 4.78 is 9.32. The Kier molecular flexibility index (Phi) is 7.51. The first-order chi connectivity index (χ1) is 9.93. The van der Waals surface area contributed by atoms with Crippen LogP contribution in [-0.4, -0.2) is 63.8 Å². The van der Waals surface area contributed by atoms with E-state index in [9.17, 15) is 19.2 Å². The molecular formula is C10H15N3O6SSe. The van der Waals surface area contributed by atoms with Crippen LogP contribution in [0.25, 0.3) is 0 Å². The predicted molar refractivity (Wildman–Crippen MR) is 73.9 cm³/mol. The van der Waals surface area contributed by atoms with Crippen molar-refractivity contribution in [2.24, 2.45) is 5.73 Å². The molecule has 118 valence electrons. The summed E-state index contributed by atoms with van der Waals surface area (Å²) in [5.74, 6) is -2.45. The second-order valence-electron chi connectivity index (χ2n) is 4.09. The molecule has 11 heteroatoms. The summed E-state index contributed by atoms with van der Waals surface area (Å²) in [6, 6.07) is -1.88. The van der Waals surface area contributed by atoms with E-state index in [0.717, 1.165) is 0 Å². The predicted octanol–water partition coefficient (Wildman–Crippen LogP) is -2.74. The summed E-state index contributed by atoms with van der Waals surface area (Å²) in [6.07, 6.45) is 0.0101. The van der Waals surface area contributed by atoms with Crippen molar-refractivity contribution in [1.82, 2.24) is 10.6 Å². The zero-order chi connectivity index (χ0) is 15.8. The SMILES string of the molecule is NC1CCC(=O)NC(CS)C(=O)NCC(=O)O[Se]OC1=O. The van der Waals surface area contributed by atoms with Crippen LogP contribution in [0.3, 0.4) is 0 Å². The zero-order valence-corrected chi connectivity index (χ0v) is 13.5. The summed E-state index contributed by atoms with van der Waals surface area (Å²) >= 11 is 2.80. The molecule has 1 rings (SSSR count). The fraction of sp³-hybridized carbons (Fsp3) is 0.600. The molecule has 0 aromatic heterocycles. The molecule has 0 spiro atoms. The fourth-order valence-corrected chi connectivity index (χ4v) is 2.34.